The quantitative estimate of drug-likeness (QED) is 0.570. The summed E-state index contributed by atoms with van der Waals surface area (Å²) in [5.41, 5.74) is 2.67. The maximum absolute atomic E-state index is 13.9. The number of para-hydroxylation sites is 2. The fraction of sp³-hybridized carbons (Fsp3) is 0.333. The van der Waals surface area contributed by atoms with Crippen LogP contribution in [0.4, 0.5) is 11.4 Å². The first-order chi connectivity index (χ1) is 16.8. The first kappa shape index (κ1) is 23.4. The Hall–Kier alpha value is -3.36. The van der Waals surface area contributed by atoms with Crippen LogP contribution >= 0.6 is 11.3 Å². The van der Waals surface area contributed by atoms with Crippen LogP contribution in [-0.2, 0) is 16.0 Å². The Morgan fingerprint density at radius 1 is 1.11 bits per heavy atom. The van der Waals surface area contributed by atoms with Crippen molar-refractivity contribution in [3.05, 3.63) is 69.9 Å². The van der Waals surface area contributed by atoms with Crippen molar-refractivity contribution in [2.75, 3.05) is 37.5 Å². The van der Waals surface area contributed by atoms with Crippen LogP contribution < -0.4 is 19.7 Å². The Morgan fingerprint density at radius 3 is 2.57 bits per heavy atom. The monoisotopic (exact) mass is 491 g/mol. The molecule has 2 aliphatic heterocycles. The molecule has 3 heterocycles. The molecule has 0 saturated heterocycles. The molecular formula is C27H29N3O4S. The smallest absolute Gasteiger partial charge is 0.250 e. The number of carbonyl (C=O) groups is 2. The van der Waals surface area contributed by atoms with Crippen molar-refractivity contribution >= 4 is 34.5 Å². The molecule has 8 heteroatoms. The summed E-state index contributed by atoms with van der Waals surface area (Å²) in [7, 11) is 3.28. The van der Waals surface area contributed by atoms with Gasteiger partial charge < -0.3 is 14.8 Å². The number of carbonyl (C=O) groups excluding carboxylic acids is 2. The zero-order chi connectivity index (χ0) is 24.7. The van der Waals surface area contributed by atoms with Gasteiger partial charge in [0.15, 0.2) is 11.5 Å². The Kier molecular flexibility index (Phi) is 6.02. The SMILES string of the molecule is COc1cc2c(cc1OC)C(c1cccs1)N(CC(=O)N1c3ccccc3NC(=O)C1(C)C)CC2. The third-order valence-corrected chi connectivity index (χ3v) is 7.81. The predicted molar refractivity (Wildman–Crippen MR) is 138 cm³/mol. The van der Waals surface area contributed by atoms with Gasteiger partial charge in [-0.25, -0.2) is 0 Å². The van der Waals surface area contributed by atoms with Gasteiger partial charge in [0.1, 0.15) is 5.54 Å². The van der Waals surface area contributed by atoms with Crippen molar-refractivity contribution in [1.29, 1.82) is 0 Å². The summed E-state index contributed by atoms with van der Waals surface area (Å²) in [5.74, 6) is 1.07. The van der Waals surface area contributed by atoms with Crippen LogP contribution in [0.15, 0.2) is 53.9 Å². The Morgan fingerprint density at radius 2 is 1.86 bits per heavy atom. The van der Waals surface area contributed by atoms with E-state index in [1.807, 2.05) is 42.5 Å². The van der Waals surface area contributed by atoms with E-state index in [-0.39, 0.29) is 24.4 Å². The van der Waals surface area contributed by atoms with E-state index in [0.29, 0.717) is 23.7 Å². The topological polar surface area (TPSA) is 71.1 Å². The molecule has 2 aromatic carbocycles. The minimum atomic E-state index is -1.01. The van der Waals surface area contributed by atoms with Crippen LogP contribution in [0.25, 0.3) is 0 Å². The van der Waals surface area contributed by atoms with Gasteiger partial charge in [-0.15, -0.1) is 11.3 Å². The van der Waals surface area contributed by atoms with Gasteiger partial charge in [-0.3, -0.25) is 19.4 Å². The molecule has 1 N–H and O–H groups in total. The number of ether oxygens (including phenoxy) is 2. The van der Waals surface area contributed by atoms with E-state index >= 15 is 0 Å². The number of methoxy groups -OCH3 is 2. The highest BCUT2D eigenvalue weighted by Gasteiger charge is 2.44. The molecule has 0 aliphatic carbocycles. The van der Waals surface area contributed by atoms with Crippen LogP contribution in [0, 0.1) is 0 Å². The summed E-state index contributed by atoms with van der Waals surface area (Å²) >= 11 is 1.67. The van der Waals surface area contributed by atoms with E-state index in [1.54, 1.807) is 44.3 Å². The minimum Gasteiger partial charge on any atom is -0.493 e. The summed E-state index contributed by atoms with van der Waals surface area (Å²) in [4.78, 5) is 31.8. The molecule has 3 aromatic rings. The molecule has 0 radical (unpaired) electrons. The van der Waals surface area contributed by atoms with Crippen molar-refractivity contribution in [2.45, 2.75) is 31.8 Å². The number of nitrogens with zero attached hydrogens (tertiary/aromatic N) is 2. The van der Waals surface area contributed by atoms with E-state index in [0.717, 1.165) is 22.5 Å². The summed E-state index contributed by atoms with van der Waals surface area (Å²) in [6.07, 6.45) is 0.783. The van der Waals surface area contributed by atoms with E-state index in [4.69, 9.17) is 9.47 Å². The molecule has 2 amide bonds. The lowest BCUT2D eigenvalue weighted by molar-refractivity contribution is -0.127. The van der Waals surface area contributed by atoms with Crippen LogP contribution in [0.5, 0.6) is 11.5 Å². The lowest BCUT2D eigenvalue weighted by Crippen LogP contribution is -2.60. The van der Waals surface area contributed by atoms with Gasteiger partial charge in [-0.1, -0.05) is 18.2 Å². The fourth-order valence-electron chi connectivity index (χ4n) is 5.09. The number of amides is 2. The normalized spacial score (nSPS) is 18.9. The van der Waals surface area contributed by atoms with Crippen molar-refractivity contribution in [2.24, 2.45) is 0 Å². The number of hydrogen-bond donors (Lipinski definition) is 1. The van der Waals surface area contributed by atoms with Crippen LogP contribution in [0.2, 0.25) is 0 Å². The molecule has 1 atom stereocenters. The molecule has 5 rings (SSSR count). The van der Waals surface area contributed by atoms with E-state index in [2.05, 4.69) is 21.7 Å². The van der Waals surface area contributed by atoms with Gasteiger partial charge in [0.2, 0.25) is 11.8 Å². The third-order valence-electron chi connectivity index (χ3n) is 6.88. The second-order valence-corrected chi connectivity index (χ2v) is 10.3. The first-order valence-electron chi connectivity index (χ1n) is 11.6. The largest absolute Gasteiger partial charge is 0.493 e. The Labute approximate surface area is 209 Å². The van der Waals surface area contributed by atoms with Crippen LogP contribution in [0.3, 0.4) is 0 Å². The van der Waals surface area contributed by atoms with Gasteiger partial charge in [-0.2, -0.15) is 0 Å². The third kappa shape index (κ3) is 3.96. The van der Waals surface area contributed by atoms with Gasteiger partial charge >= 0.3 is 0 Å². The molecule has 1 unspecified atom stereocenters. The standard InChI is InChI=1S/C27H29N3O4S/c1-27(2)26(32)28-19-8-5-6-9-20(19)30(27)24(31)16-29-12-11-17-14-21(33-3)22(34-4)15-18(17)25(29)23-10-7-13-35-23/h5-10,13-15,25H,11-12,16H2,1-4H3,(H,28,32). The van der Waals surface area contributed by atoms with E-state index < -0.39 is 5.54 Å². The Bertz CT molecular complexity index is 1270. The molecule has 2 aliphatic rings. The van der Waals surface area contributed by atoms with Crippen LogP contribution in [0.1, 0.15) is 35.9 Å². The van der Waals surface area contributed by atoms with Crippen molar-refractivity contribution in [3.63, 3.8) is 0 Å². The maximum Gasteiger partial charge on any atom is 0.250 e. The molecular weight excluding hydrogens is 462 g/mol. The van der Waals surface area contributed by atoms with Crippen molar-refractivity contribution in [1.82, 2.24) is 4.90 Å². The number of fused-ring (bicyclic) bond motifs is 2. The molecule has 35 heavy (non-hydrogen) atoms. The molecule has 0 fully saturated rings. The number of anilines is 2. The highest BCUT2D eigenvalue weighted by Crippen LogP contribution is 2.43. The molecule has 0 saturated carbocycles. The number of nitrogens with one attached hydrogen (secondary N) is 1. The second kappa shape index (κ2) is 9.02. The van der Waals surface area contributed by atoms with Gasteiger partial charge in [0.25, 0.3) is 0 Å². The number of hydrogen-bond acceptors (Lipinski definition) is 6. The lowest BCUT2D eigenvalue weighted by atomic mass is 9.90. The van der Waals surface area contributed by atoms with E-state index in [1.165, 1.54) is 5.56 Å². The molecule has 1 aromatic heterocycles. The summed E-state index contributed by atoms with van der Waals surface area (Å²) in [6, 6.07) is 15.6. The van der Waals surface area contributed by atoms with Crippen molar-refractivity contribution < 1.29 is 19.1 Å². The highest BCUT2D eigenvalue weighted by atomic mass is 32.1. The second-order valence-electron chi connectivity index (χ2n) is 9.30. The molecule has 0 bridgehead atoms. The zero-order valence-corrected chi connectivity index (χ0v) is 21.1. The van der Waals surface area contributed by atoms with Crippen molar-refractivity contribution in [3.8, 4) is 11.5 Å². The Balaban J connectivity index is 1.53. The van der Waals surface area contributed by atoms with E-state index in [9.17, 15) is 9.59 Å². The highest BCUT2D eigenvalue weighted by molar-refractivity contribution is 7.10. The fourth-order valence-corrected chi connectivity index (χ4v) is 5.97. The van der Waals surface area contributed by atoms with Gasteiger partial charge in [-0.05, 0) is 67.1 Å². The molecule has 7 nitrogen and oxygen atoms in total. The molecule has 182 valence electrons. The summed E-state index contributed by atoms with van der Waals surface area (Å²) in [5, 5.41) is 4.99. The maximum atomic E-state index is 13.9. The number of thiophene rings is 1. The average Bonchev–Trinajstić information content (AvgIpc) is 3.38. The van der Waals surface area contributed by atoms with Gasteiger partial charge in [0, 0.05) is 11.4 Å². The predicted octanol–water partition coefficient (Wildman–Crippen LogP) is 4.48. The number of benzene rings is 2. The summed E-state index contributed by atoms with van der Waals surface area (Å²) < 4.78 is 11.1. The zero-order valence-electron chi connectivity index (χ0n) is 20.3. The lowest BCUT2D eigenvalue weighted by Gasteiger charge is -2.44. The minimum absolute atomic E-state index is 0.0977. The first-order valence-corrected chi connectivity index (χ1v) is 12.5. The summed E-state index contributed by atoms with van der Waals surface area (Å²) in [6.45, 7) is 4.46. The van der Waals surface area contributed by atoms with Crippen LogP contribution in [-0.4, -0.2) is 49.6 Å². The number of rotatable bonds is 5. The van der Waals surface area contributed by atoms with Gasteiger partial charge in [0.05, 0.1) is 38.2 Å². The molecule has 0 spiro atoms. The average molecular weight is 492 g/mol.